The number of ether oxygens (including phenoxy) is 1. The molecule has 1 aromatic heterocycles. The minimum Gasteiger partial charge on any atom is -0.481 e. The van der Waals surface area contributed by atoms with Gasteiger partial charge in [-0.3, -0.25) is 4.79 Å². The number of carbonyl (C=O) groups excluding carboxylic acids is 1. The van der Waals surface area contributed by atoms with Crippen LogP contribution < -0.4 is 9.64 Å². The summed E-state index contributed by atoms with van der Waals surface area (Å²) in [7, 11) is 0. The number of piperazine rings is 1. The molecule has 7 heteroatoms. The third-order valence-corrected chi connectivity index (χ3v) is 5.68. The number of aromatic nitrogens is 2. The van der Waals surface area contributed by atoms with Gasteiger partial charge in [-0.25, -0.2) is 0 Å². The smallest absolute Gasteiger partial charge is 0.263 e. The van der Waals surface area contributed by atoms with Gasteiger partial charge in [0.2, 0.25) is 0 Å². The Morgan fingerprint density at radius 2 is 1.77 bits per heavy atom. The third kappa shape index (κ3) is 4.97. The summed E-state index contributed by atoms with van der Waals surface area (Å²) in [5.41, 5.74) is 3.12. The van der Waals surface area contributed by atoms with Crippen molar-refractivity contribution in [2.45, 2.75) is 20.0 Å². The Hall–Kier alpha value is -3.12. The fourth-order valence-corrected chi connectivity index (χ4v) is 3.89. The molecule has 0 N–H and O–H groups in total. The van der Waals surface area contributed by atoms with Crippen molar-refractivity contribution < 1.29 is 9.53 Å². The van der Waals surface area contributed by atoms with Crippen LogP contribution in [0.1, 0.15) is 12.5 Å². The molecule has 0 bridgehead atoms. The van der Waals surface area contributed by atoms with Crippen LogP contribution in [-0.2, 0) is 4.79 Å². The highest BCUT2D eigenvalue weighted by Crippen LogP contribution is 2.23. The van der Waals surface area contributed by atoms with Gasteiger partial charge >= 0.3 is 0 Å². The number of benzene rings is 2. The van der Waals surface area contributed by atoms with Gasteiger partial charge in [-0.2, -0.15) is 0 Å². The summed E-state index contributed by atoms with van der Waals surface area (Å²) in [6.07, 6.45) is -0.571. The largest absolute Gasteiger partial charge is 0.481 e. The van der Waals surface area contributed by atoms with Crippen LogP contribution in [0.4, 0.5) is 5.82 Å². The van der Waals surface area contributed by atoms with Crippen molar-refractivity contribution in [1.82, 2.24) is 15.1 Å². The van der Waals surface area contributed by atoms with Gasteiger partial charge in [0.1, 0.15) is 5.75 Å². The van der Waals surface area contributed by atoms with Crippen LogP contribution in [0, 0.1) is 6.92 Å². The average Bonchev–Trinajstić information content (AvgIpc) is 2.79. The van der Waals surface area contributed by atoms with Gasteiger partial charge in [-0.15, -0.1) is 10.2 Å². The summed E-state index contributed by atoms with van der Waals surface area (Å²) in [6, 6.07) is 19.2. The molecular weight excluding hydrogens is 412 g/mol. The zero-order chi connectivity index (χ0) is 21.8. The minimum absolute atomic E-state index is 0.0272. The van der Waals surface area contributed by atoms with Crippen LogP contribution >= 0.6 is 11.6 Å². The first-order valence-corrected chi connectivity index (χ1v) is 10.7. The fraction of sp³-hybridized carbons (Fsp3) is 0.292. The van der Waals surface area contributed by atoms with Crippen LogP contribution in [0.25, 0.3) is 11.3 Å². The molecule has 1 saturated heterocycles. The Labute approximate surface area is 187 Å². The van der Waals surface area contributed by atoms with E-state index in [2.05, 4.69) is 34.2 Å². The number of anilines is 1. The van der Waals surface area contributed by atoms with Crippen molar-refractivity contribution in [1.29, 1.82) is 0 Å². The summed E-state index contributed by atoms with van der Waals surface area (Å²) in [4.78, 5) is 16.8. The Kier molecular flexibility index (Phi) is 6.37. The number of rotatable bonds is 5. The molecule has 0 saturated carbocycles. The molecule has 2 heterocycles. The van der Waals surface area contributed by atoms with E-state index in [0.29, 0.717) is 37.0 Å². The van der Waals surface area contributed by atoms with Gasteiger partial charge in [0.05, 0.1) is 5.69 Å². The molecule has 6 nitrogen and oxygen atoms in total. The van der Waals surface area contributed by atoms with E-state index >= 15 is 0 Å². The fourth-order valence-electron chi connectivity index (χ4n) is 3.71. The van der Waals surface area contributed by atoms with Crippen molar-refractivity contribution in [3.05, 3.63) is 71.2 Å². The summed E-state index contributed by atoms with van der Waals surface area (Å²) in [5, 5.41) is 9.43. The molecular formula is C24H25ClN4O2. The molecule has 1 atom stereocenters. The van der Waals surface area contributed by atoms with Crippen LogP contribution in [0.5, 0.6) is 5.75 Å². The van der Waals surface area contributed by atoms with E-state index in [4.69, 9.17) is 16.3 Å². The van der Waals surface area contributed by atoms with Crippen LogP contribution in [0.3, 0.4) is 0 Å². The summed E-state index contributed by atoms with van der Waals surface area (Å²) in [6.45, 7) is 6.47. The van der Waals surface area contributed by atoms with Gasteiger partial charge in [-0.05, 0) is 49.7 Å². The van der Waals surface area contributed by atoms with E-state index in [0.717, 1.165) is 17.1 Å². The second-order valence-electron chi connectivity index (χ2n) is 7.62. The highest BCUT2D eigenvalue weighted by molar-refractivity contribution is 6.30. The maximum absolute atomic E-state index is 12.8. The molecule has 0 spiro atoms. The summed E-state index contributed by atoms with van der Waals surface area (Å²) >= 11 is 5.99. The number of hydrogen-bond donors (Lipinski definition) is 0. The van der Waals surface area contributed by atoms with E-state index in [9.17, 15) is 4.79 Å². The van der Waals surface area contributed by atoms with Crippen molar-refractivity contribution in [3.8, 4) is 17.0 Å². The zero-order valence-electron chi connectivity index (χ0n) is 17.7. The SMILES string of the molecule is Cc1ccccc1-c1ccc(N2CCN(C(=O)C(C)Oc3cccc(Cl)c3)CC2)nn1. The number of carbonyl (C=O) groups is 1. The van der Waals surface area contributed by atoms with Gasteiger partial charge in [0.25, 0.3) is 5.91 Å². The summed E-state index contributed by atoms with van der Waals surface area (Å²) < 4.78 is 5.77. The van der Waals surface area contributed by atoms with Crippen molar-refractivity contribution in [2.24, 2.45) is 0 Å². The Morgan fingerprint density at radius 1 is 1.00 bits per heavy atom. The lowest BCUT2D eigenvalue weighted by Gasteiger charge is -2.36. The molecule has 1 aliphatic rings. The topological polar surface area (TPSA) is 58.6 Å². The first kappa shape index (κ1) is 21.1. The molecule has 31 heavy (non-hydrogen) atoms. The number of aryl methyl sites for hydroxylation is 1. The Bertz CT molecular complexity index is 1050. The van der Waals surface area contributed by atoms with Crippen molar-refractivity contribution in [3.63, 3.8) is 0 Å². The minimum atomic E-state index is -0.571. The molecule has 1 aliphatic heterocycles. The van der Waals surface area contributed by atoms with Crippen LogP contribution in [0.15, 0.2) is 60.7 Å². The second kappa shape index (κ2) is 9.35. The normalized spacial score (nSPS) is 14.9. The molecule has 1 unspecified atom stereocenters. The van der Waals surface area contributed by atoms with Gasteiger partial charge in [-0.1, -0.05) is 41.9 Å². The number of hydrogen-bond acceptors (Lipinski definition) is 5. The predicted molar refractivity (Wildman–Crippen MR) is 123 cm³/mol. The lowest BCUT2D eigenvalue weighted by molar-refractivity contribution is -0.138. The number of nitrogens with zero attached hydrogens (tertiary/aromatic N) is 4. The molecule has 0 radical (unpaired) electrons. The van der Waals surface area contributed by atoms with Crippen LogP contribution in [-0.4, -0.2) is 53.3 Å². The maximum Gasteiger partial charge on any atom is 0.263 e. The molecule has 3 aromatic rings. The molecule has 160 valence electrons. The lowest BCUT2D eigenvalue weighted by Crippen LogP contribution is -2.52. The quantitative estimate of drug-likeness (QED) is 0.599. The zero-order valence-corrected chi connectivity index (χ0v) is 18.4. The van der Waals surface area contributed by atoms with Crippen molar-refractivity contribution >= 4 is 23.3 Å². The Balaban J connectivity index is 1.34. The van der Waals surface area contributed by atoms with E-state index in [1.165, 1.54) is 5.56 Å². The summed E-state index contributed by atoms with van der Waals surface area (Å²) in [5.74, 6) is 1.39. The van der Waals surface area contributed by atoms with Crippen LogP contribution in [0.2, 0.25) is 5.02 Å². The number of amides is 1. The van der Waals surface area contributed by atoms with Gasteiger partial charge in [0, 0.05) is 36.8 Å². The van der Waals surface area contributed by atoms with E-state index in [-0.39, 0.29) is 5.91 Å². The lowest BCUT2D eigenvalue weighted by atomic mass is 10.1. The molecule has 1 amide bonds. The van der Waals surface area contributed by atoms with Crippen molar-refractivity contribution in [2.75, 3.05) is 31.1 Å². The monoisotopic (exact) mass is 436 g/mol. The van der Waals surface area contributed by atoms with E-state index in [1.807, 2.05) is 29.2 Å². The van der Waals surface area contributed by atoms with E-state index < -0.39 is 6.10 Å². The molecule has 4 rings (SSSR count). The highest BCUT2D eigenvalue weighted by atomic mass is 35.5. The first-order chi connectivity index (χ1) is 15.0. The molecule has 2 aromatic carbocycles. The Morgan fingerprint density at radius 3 is 2.45 bits per heavy atom. The number of halogens is 1. The van der Waals surface area contributed by atoms with E-state index in [1.54, 1.807) is 31.2 Å². The van der Waals surface area contributed by atoms with Gasteiger partial charge in [0.15, 0.2) is 11.9 Å². The predicted octanol–water partition coefficient (Wildman–Crippen LogP) is 4.22. The maximum atomic E-state index is 12.8. The highest BCUT2D eigenvalue weighted by Gasteiger charge is 2.26. The second-order valence-corrected chi connectivity index (χ2v) is 8.06. The first-order valence-electron chi connectivity index (χ1n) is 10.4. The average molecular weight is 437 g/mol. The molecule has 0 aliphatic carbocycles. The third-order valence-electron chi connectivity index (χ3n) is 5.44. The van der Waals surface area contributed by atoms with Gasteiger partial charge < -0.3 is 14.5 Å². The standard InChI is InChI=1S/C24H25ClN4O2/c1-17-6-3-4-9-21(17)22-10-11-23(27-26-22)28-12-14-29(15-13-28)24(30)18(2)31-20-8-5-7-19(25)16-20/h3-11,16,18H,12-15H2,1-2H3. The molecule has 1 fully saturated rings.